The highest BCUT2D eigenvalue weighted by atomic mass is 32.2. The Balaban J connectivity index is 1.53. The first-order valence-corrected chi connectivity index (χ1v) is 12.1. The van der Waals surface area contributed by atoms with Crippen molar-refractivity contribution < 1.29 is 22.3 Å². The lowest BCUT2D eigenvalue weighted by molar-refractivity contribution is -0.120. The molecule has 0 bridgehead atoms. The van der Waals surface area contributed by atoms with Crippen molar-refractivity contribution in [1.29, 1.82) is 0 Å². The Morgan fingerprint density at radius 3 is 2.58 bits per heavy atom. The van der Waals surface area contributed by atoms with Gasteiger partial charge in [0.25, 0.3) is 0 Å². The highest BCUT2D eigenvalue weighted by Gasteiger charge is 2.37. The number of aryl methyl sites for hydroxylation is 3. The molecule has 33 heavy (non-hydrogen) atoms. The van der Waals surface area contributed by atoms with Crippen LogP contribution in [-0.2, 0) is 14.8 Å². The number of carbonyl (C=O) groups is 1. The third kappa shape index (κ3) is 5.07. The van der Waals surface area contributed by atoms with Gasteiger partial charge in [0.1, 0.15) is 11.5 Å². The standard InChI is InChI=1S/C23H26N4O5S/c1-15-6-8-18(9-7-15)10-11-20-22(17(3)25-32-20)33(29,30)27-12-4-5-19(14-27)23(28)24-21-13-16(2)31-26-21/h6-11,13,19H,4-5,12,14H2,1-3H3,(H,24,26,28). The molecule has 3 aromatic rings. The van der Waals surface area contributed by atoms with Gasteiger partial charge in [-0.25, -0.2) is 8.42 Å². The van der Waals surface area contributed by atoms with E-state index in [0.29, 0.717) is 31.0 Å². The van der Waals surface area contributed by atoms with Gasteiger partial charge >= 0.3 is 0 Å². The summed E-state index contributed by atoms with van der Waals surface area (Å²) in [5.74, 6) is 0.267. The number of aromatic nitrogens is 2. The van der Waals surface area contributed by atoms with Gasteiger partial charge in [-0.1, -0.05) is 46.2 Å². The minimum absolute atomic E-state index is 0.0269. The molecule has 1 atom stereocenters. The number of amides is 1. The van der Waals surface area contributed by atoms with E-state index in [4.69, 9.17) is 9.05 Å². The van der Waals surface area contributed by atoms with Gasteiger partial charge < -0.3 is 14.4 Å². The third-order valence-electron chi connectivity index (χ3n) is 5.57. The van der Waals surface area contributed by atoms with Crippen molar-refractivity contribution in [2.75, 3.05) is 18.4 Å². The van der Waals surface area contributed by atoms with Crippen molar-refractivity contribution in [2.24, 2.45) is 5.92 Å². The molecule has 1 aromatic carbocycles. The first kappa shape index (κ1) is 22.9. The SMILES string of the molecule is Cc1ccc(C=Cc2onc(C)c2S(=O)(=O)N2CCCC(C(=O)Nc3cc(C)on3)C2)cc1. The number of piperidine rings is 1. The maximum atomic E-state index is 13.5. The molecule has 0 saturated carbocycles. The van der Waals surface area contributed by atoms with Crippen LogP contribution in [-0.4, -0.2) is 42.0 Å². The number of hydrogen-bond donors (Lipinski definition) is 1. The van der Waals surface area contributed by atoms with E-state index in [1.165, 1.54) is 4.31 Å². The van der Waals surface area contributed by atoms with Gasteiger partial charge in [0, 0.05) is 19.2 Å². The second kappa shape index (κ2) is 9.32. The number of nitrogens with one attached hydrogen (secondary N) is 1. The summed E-state index contributed by atoms with van der Waals surface area (Å²) in [4.78, 5) is 12.7. The molecule has 2 aromatic heterocycles. The van der Waals surface area contributed by atoms with E-state index in [1.54, 1.807) is 32.1 Å². The second-order valence-electron chi connectivity index (χ2n) is 8.22. The van der Waals surface area contributed by atoms with Crippen LogP contribution in [0.1, 0.15) is 41.2 Å². The third-order valence-corrected chi connectivity index (χ3v) is 7.59. The zero-order chi connectivity index (χ0) is 23.6. The van der Waals surface area contributed by atoms with E-state index in [2.05, 4.69) is 15.6 Å². The molecule has 0 spiro atoms. The minimum atomic E-state index is -3.91. The van der Waals surface area contributed by atoms with Crippen molar-refractivity contribution in [3.05, 3.63) is 58.7 Å². The Bertz CT molecular complexity index is 1270. The lowest BCUT2D eigenvalue weighted by Gasteiger charge is -2.30. The summed E-state index contributed by atoms with van der Waals surface area (Å²) in [6.45, 7) is 5.71. The average molecular weight is 471 g/mol. The lowest BCUT2D eigenvalue weighted by atomic mass is 9.99. The molecule has 1 fully saturated rings. The van der Waals surface area contributed by atoms with Gasteiger partial charge in [0.05, 0.1) is 5.92 Å². The number of anilines is 1. The summed E-state index contributed by atoms with van der Waals surface area (Å²) in [6.07, 6.45) is 4.54. The number of nitrogens with zero attached hydrogens (tertiary/aromatic N) is 3. The Morgan fingerprint density at radius 2 is 1.88 bits per heavy atom. The molecular formula is C23H26N4O5S. The van der Waals surface area contributed by atoms with E-state index in [0.717, 1.165) is 11.1 Å². The fourth-order valence-corrected chi connectivity index (χ4v) is 5.58. The van der Waals surface area contributed by atoms with Gasteiger partial charge in [-0.15, -0.1) is 0 Å². The van der Waals surface area contributed by atoms with Crippen LogP contribution in [0, 0.1) is 26.7 Å². The molecule has 0 radical (unpaired) electrons. The number of benzene rings is 1. The van der Waals surface area contributed by atoms with Crippen molar-refractivity contribution in [3.63, 3.8) is 0 Å². The van der Waals surface area contributed by atoms with E-state index in [-0.39, 0.29) is 28.8 Å². The van der Waals surface area contributed by atoms with Crippen LogP contribution in [0.5, 0.6) is 0 Å². The van der Waals surface area contributed by atoms with E-state index in [1.807, 2.05) is 31.2 Å². The smallest absolute Gasteiger partial charge is 0.248 e. The average Bonchev–Trinajstić information content (AvgIpc) is 3.38. The molecule has 0 aliphatic carbocycles. The van der Waals surface area contributed by atoms with Gasteiger partial charge in [-0.05, 0) is 45.3 Å². The van der Waals surface area contributed by atoms with Crippen LogP contribution in [0.15, 0.2) is 44.3 Å². The first-order chi connectivity index (χ1) is 15.7. The molecule has 1 saturated heterocycles. The van der Waals surface area contributed by atoms with Gasteiger partial charge in [0.15, 0.2) is 16.5 Å². The fourth-order valence-electron chi connectivity index (χ4n) is 3.81. The molecular weight excluding hydrogens is 444 g/mol. The normalized spacial score (nSPS) is 17.5. The summed E-state index contributed by atoms with van der Waals surface area (Å²) in [7, 11) is -3.91. The molecule has 1 N–H and O–H groups in total. The van der Waals surface area contributed by atoms with Crippen LogP contribution in [0.3, 0.4) is 0 Å². The predicted molar refractivity (Wildman–Crippen MR) is 123 cm³/mol. The number of hydrogen-bond acceptors (Lipinski definition) is 7. The minimum Gasteiger partial charge on any atom is -0.360 e. The highest BCUT2D eigenvalue weighted by Crippen LogP contribution is 2.29. The van der Waals surface area contributed by atoms with Gasteiger partial charge in [-0.2, -0.15) is 4.31 Å². The summed E-state index contributed by atoms with van der Waals surface area (Å²) in [6, 6.07) is 9.44. The molecule has 10 heteroatoms. The quantitative estimate of drug-likeness (QED) is 0.582. The maximum absolute atomic E-state index is 13.5. The van der Waals surface area contributed by atoms with Crippen molar-refractivity contribution in [2.45, 2.75) is 38.5 Å². The molecule has 174 valence electrons. The number of carbonyl (C=O) groups excluding carboxylic acids is 1. The Labute approximate surface area is 192 Å². The van der Waals surface area contributed by atoms with E-state index >= 15 is 0 Å². The fraction of sp³-hybridized carbons (Fsp3) is 0.348. The lowest BCUT2D eigenvalue weighted by Crippen LogP contribution is -2.43. The van der Waals surface area contributed by atoms with Crippen molar-refractivity contribution in [3.8, 4) is 0 Å². The maximum Gasteiger partial charge on any atom is 0.248 e. The summed E-state index contributed by atoms with van der Waals surface area (Å²) in [5, 5.41) is 10.3. The summed E-state index contributed by atoms with van der Waals surface area (Å²) < 4.78 is 38.7. The second-order valence-corrected chi connectivity index (χ2v) is 10.1. The molecule has 1 aliphatic rings. The van der Waals surface area contributed by atoms with Gasteiger partial charge in [0.2, 0.25) is 15.9 Å². The number of sulfonamides is 1. The highest BCUT2D eigenvalue weighted by molar-refractivity contribution is 7.89. The largest absolute Gasteiger partial charge is 0.360 e. The zero-order valence-electron chi connectivity index (χ0n) is 18.7. The van der Waals surface area contributed by atoms with Crippen molar-refractivity contribution >= 4 is 33.9 Å². The van der Waals surface area contributed by atoms with Crippen LogP contribution >= 0.6 is 0 Å². The molecule has 4 rings (SSSR count). The molecule has 9 nitrogen and oxygen atoms in total. The molecule has 1 unspecified atom stereocenters. The Hall–Kier alpha value is -3.24. The molecule has 1 aliphatic heterocycles. The van der Waals surface area contributed by atoms with Crippen molar-refractivity contribution in [1.82, 2.24) is 14.6 Å². The number of rotatable bonds is 6. The molecule has 1 amide bonds. The zero-order valence-corrected chi connectivity index (χ0v) is 19.6. The topological polar surface area (TPSA) is 119 Å². The molecule has 3 heterocycles. The summed E-state index contributed by atoms with van der Waals surface area (Å²) >= 11 is 0. The van der Waals surface area contributed by atoms with Crippen LogP contribution in [0.2, 0.25) is 0 Å². The Kier molecular flexibility index (Phi) is 6.48. The van der Waals surface area contributed by atoms with Crippen LogP contribution in [0.4, 0.5) is 5.82 Å². The summed E-state index contributed by atoms with van der Waals surface area (Å²) in [5.41, 5.74) is 2.33. The van der Waals surface area contributed by atoms with Crippen LogP contribution in [0.25, 0.3) is 12.2 Å². The van der Waals surface area contributed by atoms with E-state index in [9.17, 15) is 13.2 Å². The van der Waals surface area contributed by atoms with Gasteiger partial charge in [-0.3, -0.25) is 4.79 Å². The van der Waals surface area contributed by atoms with Crippen LogP contribution < -0.4 is 5.32 Å². The van der Waals surface area contributed by atoms with E-state index < -0.39 is 15.9 Å². The Morgan fingerprint density at radius 1 is 1.12 bits per heavy atom. The predicted octanol–water partition coefficient (Wildman–Crippen LogP) is 3.80. The first-order valence-electron chi connectivity index (χ1n) is 10.7. The monoisotopic (exact) mass is 470 g/mol.